The first-order chi connectivity index (χ1) is 16.9. The van der Waals surface area contributed by atoms with E-state index in [0.29, 0.717) is 30.9 Å². The van der Waals surface area contributed by atoms with Gasteiger partial charge in [-0.3, -0.25) is 9.59 Å². The van der Waals surface area contributed by atoms with Crippen LogP contribution in [0.25, 0.3) is 0 Å². The number of hydrogen-bond acceptors (Lipinski definition) is 6. The van der Waals surface area contributed by atoms with E-state index in [2.05, 4.69) is 27.8 Å². The van der Waals surface area contributed by atoms with Gasteiger partial charge in [-0.25, -0.2) is 4.98 Å². The summed E-state index contributed by atoms with van der Waals surface area (Å²) in [5.41, 5.74) is 4.09. The summed E-state index contributed by atoms with van der Waals surface area (Å²) in [6, 6.07) is 10.4. The number of carbonyl (C=O) groups is 2. The fourth-order valence-electron chi connectivity index (χ4n) is 5.04. The molecule has 3 N–H and O–H groups in total. The Hall–Kier alpha value is -2.97. The van der Waals surface area contributed by atoms with Crippen molar-refractivity contribution in [2.24, 2.45) is 0 Å². The second kappa shape index (κ2) is 11.6. The van der Waals surface area contributed by atoms with E-state index < -0.39 is 6.10 Å². The number of aliphatic hydroxyl groups excluding tert-OH is 1. The van der Waals surface area contributed by atoms with Crippen molar-refractivity contribution in [2.75, 3.05) is 38.5 Å². The van der Waals surface area contributed by atoms with Crippen molar-refractivity contribution >= 4 is 17.6 Å². The summed E-state index contributed by atoms with van der Waals surface area (Å²) in [7, 11) is 1.93. The standard InChI is InChI=1S/C27H37N5O3/c1-19(33)31-13-10-23(11-14-31)30-26-15-25-22(17-29-26)9-12-32(27(25)35)18-24(34)8-7-20-5-3-4-6-21(20)16-28-2/h3-6,15,17,23-24,28,34H,7-14,16,18H2,1-2H3,(H,29,30). The Bertz CT molecular complexity index is 1040. The number of likely N-dealkylation sites (tertiary alicyclic amines) is 1. The van der Waals surface area contributed by atoms with Crippen molar-refractivity contribution in [2.45, 2.75) is 57.7 Å². The highest BCUT2D eigenvalue weighted by atomic mass is 16.3. The van der Waals surface area contributed by atoms with Gasteiger partial charge in [-0.15, -0.1) is 0 Å². The number of nitrogens with zero attached hydrogens (tertiary/aromatic N) is 3. The van der Waals surface area contributed by atoms with Gasteiger partial charge < -0.3 is 25.5 Å². The number of benzene rings is 1. The lowest BCUT2D eigenvalue weighted by atomic mass is 9.98. The number of anilines is 1. The van der Waals surface area contributed by atoms with Crippen LogP contribution in [0.4, 0.5) is 5.82 Å². The molecule has 1 atom stereocenters. The maximum absolute atomic E-state index is 13.2. The molecular weight excluding hydrogens is 442 g/mol. The van der Waals surface area contributed by atoms with Crippen LogP contribution in [0.15, 0.2) is 36.5 Å². The Balaban J connectivity index is 1.33. The van der Waals surface area contributed by atoms with Crippen molar-refractivity contribution in [3.05, 3.63) is 58.8 Å². The molecule has 0 aliphatic carbocycles. The zero-order valence-corrected chi connectivity index (χ0v) is 20.8. The minimum absolute atomic E-state index is 0.0438. The zero-order valence-electron chi connectivity index (χ0n) is 20.8. The Morgan fingerprint density at radius 2 is 1.94 bits per heavy atom. The molecule has 2 amide bonds. The van der Waals surface area contributed by atoms with Crippen LogP contribution in [-0.4, -0.2) is 77.1 Å². The number of piperidine rings is 1. The predicted octanol–water partition coefficient (Wildman–Crippen LogP) is 2.22. The Morgan fingerprint density at radius 1 is 1.20 bits per heavy atom. The highest BCUT2D eigenvalue weighted by molar-refractivity contribution is 5.97. The third kappa shape index (κ3) is 6.38. The van der Waals surface area contributed by atoms with Crippen molar-refractivity contribution in [1.82, 2.24) is 20.1 Å². The van der Waals surface area contributed by atoms with Crippen LogP contribution in [-0.2, 0) is 24.2 Å². The zero-order chi connectivity index (χ0) is 24.8. The normalized spacial score (nSPS) is 17.3. The number of hydrogen-bond donors (Lipinski definition) is 3. The molecule has 0 bridgehead atoms. The van der Waals surface area contributed by atoms with Crippen LogP contribution in [0.5, 0.6) is 0 Å². The average molecular weight is 480 g/mol. The van der Waals surface area contributed by atoms with E-state index in [1.165, 1.54) is 11.1 Å². The van der Waals surface area contributed by atoms with E-state index >= 15 is 0 Å². The van der Waals surface area contributed by atoms with Gasteiger partial charge in [0.25, 0.3) is 5.91 Å². The minimum atomic E-state index is -0.575. The first-order valence-corrected chi connectivity index (χ1v) is 12.6. The molecule has 35 heavy (non-hydrogen) atoms. The summed E-state index contributed by atoms with van der Waals surface area (Å²) >= 11 is 0. The molecule has 4 rings (SSSR count). The fraction of sp³-hybridized carbons (Fsp3) is 0.519. The molecule has 0 saturated carbocycles. The van der Waals surface area contributed by atoms with Crippen LogP contribution in [0.2, 0.25) is 0 Å². The maximum atomic E-state index is 13.2. The van der Waals surface area contributed by atoms with Crippen molar-refractivity contribution in [1.29, 1.82) is 0 Å². The number of carbonyl (C=O) groups excluding carboxylic acids is 2. The van der Waals surface area contributed by atoms with Crippen LogP contribution in [0, 0.1) is 0 Å². The van der Waals surface area contributed by atoms with Crippen LogP contribution >= 0.6 is 0 Å². The lowest BCUT2D eigenvalue weighted by Crippen LogP contribution is -2.43. The molecule has 2 aliphatic rings. The summed E-state index contributed by atoms with van der Waals surface area (Å²) < 4.78 is 0. The van der Waals surface area contributed by atoms with Crippen molar-refractivity contribution < 1.29 is 14.7 Å². The van der Waals surface area contributed by atoms with Gasteiger partial charge in [-0.05, 0) is 61.9 Å². The third-order valence-electron chi connectivity index (χ3n) is 7.11. The van der Waals surface area contributed by atoms with Gasteiger partial charge in [0.2, 0.25) is 5.91 Å². The molecule has 1 aromatic carbocycles. The molecule has 8 heteroatoms. The highest BCUT2D eigenvalue weighted by Crippen LogP contribution is 2.23. The molecule has 0 spiro atoms. The monoisotopic (exact) mass is 479 g/mol. The van der Waals surface area contributed by atoms with Gasteiger partial charge in [0.1, 0.15) is 5.82 Å². The van der Waals surface area contributed by atoms with Gasteiger partial charge in [0, 0.05) is 57.4 Å². The predicted molar refractivity (Wildman–Crippen MR) is 136 cm³/mol. The molecule has 2 aliphatic heterocycles. The number of nitrogens with one attached hydrogen (secondary N) is 2. The number of pyridine rings is 1. The van der Waals surface area contributed by atoms with Gasteiger partial charge in [-0.1, -0.05) is 24.3 Å². The molecular formula is C27H37N5O3. The number of aromatic nitrogens is 1. The Labute approximate surface area is 207 Å². The third-order valence-corrected chi connectivity index (χ3v) is 7.11. The summed E-state index contributed by atoms with van der Waals surface area (Å²) in [5, 5.41) is 17.4. The van der Waals surface area contributed by atoms with E-state index in [1.807, 2.05) is 30.1 Å². The van der Waals surface area contributed by atoms with Crippen LogP contribution < -0.4 is 10.6 Å². The van der Waals surface area contributed by atoms with E-state index in [1.54, 1.807) is 18.0 Å². The quantitative estimate of drug-likeness (QED) is 0.510. The first kappa shape index (κ1) is 25.1. The molecule has 1 saturated heterocycles. The Kier molecular flexibility index (Phi) is 8.36. The molecule has 1 aromatic heterocycles. The number of aliphatic hydroxyl groups is 1. The molecule has 3 heterocycles. The van der Waals surface area contributed by atoms with Crippen LogP contribution in [0.3, 0.4) is 0 Å². The minimum Gasteiger partial charge on any atom is -0.391 e. The summed E-state index contributed by atoms with van der Waals surface area (Å²) in [6.07, 6.45) is 5.08. The van der Waals surface area contributed by atoms with E-state index in [9.17, 15) is 14.7 Å². The summed E-state index contributed by atoms with van der Waals surface area (Å²) in [5.74, 6) is 0.769. The molecule has 8 nitrogen and oxygen atoms in total. The van der Waals surface area contributed by atoms with E-state index in [4.69, 9.17) is 0 Å². The highest BCUT2D eigenvalue weighted by Gasteiger charge is 2.27. The molecule has 188 valence electrons. The largest absolute Gasteiger partial charge is 0.391 e. The van der Waals surface area contributed by atoms with Gasteiger partial charge >= 0.3 is 0 Å². The molecule has 1 unspecified atom stereocenters. The average Bonchev–Trinajstić information content (AvgIpc) is 2.86. The van der Waals surface area contributed by atoms with Gasteiger partial charge in [-0.2, -0.15) is 0 Å². The molecule has 0 radical (unpaired) electrons. The first-order valence-electron chi connectivity index (χ1n) is 12.6. The van der Waals surface area contributed by atoms with Gasteiger partial charge in [0.15, 0.2) is 0 Å². The van der Waals surface area contributed by atoms with E-state index in [0.717, 1.165) is 50.9 Å². The van der Waals surface area contributed by atoms with Crippen LogP contribution in [0.1, 0.15) is 53.2 Å². The number of aryl methyl sites for hydroxylation is 1. The summed E-state index contributed by atoms with van der Waals surface area (Å²) in [6.45, 7) is 4.81. The van der Waals surface area contributed by atoms with Crippen molar-refractivity contribution in [3.8, 4) is 0 Å². The number of fused-ring (bicyclic) bond motifs is 1. The smallest absolute Gasteiger partial charge is 0.254 e. The molecule has 2 aromatic rings. The maximum Gasteiger partial charge on any atom is 0.254 e. The second-order valence-electron chi connectivity index (χ2n) is 9.64. The second-order valence-corrected chi connectivity index (χ2v) is 9.64. The lowest BCUT2D eigenvalue weighted by Gasteiger charge is -2.33. The number of β-amino-alcohol motifs (C(OH)–C–C–N with tert-alkyl or cyclic N) is 1. The number of rotatable bonds is 9. The Morgan fingerprint density at radius 3 is 2.66 bits per heavy atom. The fourth-order valence-corrected chi connectivity index (χ4v) is 5.04. The summed E-state index contributed by atoms with van der Waals surface area (Å²) in [4.78, 5) is 32.9. The van der Waals surface area contributed by atoms with Gasteiger partial charge in [0.05, 0.1) is 6.10 Å². The van der Waals surface area contributed by atoms with Crippen molar-refractivity contribution in [3.63, 3.8) is 0 Å². The lowest BCUT2D eigenvalue weighted by molar-refractivity contribution is -0.129. The number of amides is 2. The van der Waals surface area contributed by atoms with E-state index in [-0.39, 0.29) is 17.9 Å². The topological polar surface area (TPSA) is 97.8 Å². The SMILES string of the molecule is CNCc1ccccc1CCC(O)CN1CCc2cnc(NC3CCN(C(C)=O)CC3)cc2C1=O. The molecule has 1 fully saturated rings.